The van der Waals surface area contributed by atoms with Crippen LogP contribution in [0.25, 0.3) is 0 Å². The fourth-order valence-electron chi connectivity index (χ4n) is 4.97. The summed E-state index contributed by atoms with van der Waals surface area (Å²) in [4.78, 5) is 15.1. The number of halogens is 1. The van der Waals surface area contributed by atoms with Crippen molar-refractivity contribution in [2.75, 3.05) is 13.1 Å². The van der Waals surface area contributed by atoms with Gasteiger partial charge in [0, 0.05) is 23.0 Å². The van der Waals surface area contributed by atoms with Crippen molar-refractivity contribution in [1.29, 1.82) is 0 Å². The molecule has 3 aliphatic rings. The number of fused-ring (bicyclic) bond motifs is 2. The van der Waals surface area contributed by atoms with E-state index in [2.05, 4.69) is 50.4 Å². The molecule has 1 heterocycles. The summed E-state index contributed by atoms with van der Waals surface area (Å²) in [6.07, 6.45) is 7.32. The molecule has 4 rings (SSSR count). The number of amides is 1. The molecule has 3 nitrogen and oxygen atoms in total. The van der Waals surface area contributed by atoms with Crippen molar-refractivity contribution in [2.45, 2.75) is 51.1 Å². The number of hydrogen-bond acceptors (Lipinski definition) is 2. The van der Waals surface area contributed by atoms with E-state index in [0.29, 0.717) is 11.9 Å². The number of hydrogen-bond donors (Lipinski definition) is 1. The van der Waals surface area contributed by atoms with Crippen molar-refractivity contribution < 1.29 is 4.79 Å². The highest BCUT2D eigenvalue weighted by Gasteiger charge is 2.40. The van der Waals surface area contributed by atoms with Crippen LogP contribution in [0.5, 0.6) is 0 Å². The van der Waals surface area contributed by atoms with Gasteiger partial charge in [0.15, 0.2) is 0 Å². The van der Waals surface area contributed by atoms with Gasteiger partial charge in [-0.1, -0.05) is 34.5 Å². The van der Waals surface area contributed by atoms with Crippen molar-refractivity contribution >= 4 is 21.8 Å². The molecule has 0 aromatic heterocycles. The topological polar surface area (TPSA) is 32.3 Å². The Morgan fingerprint density at radius 3 is 2.67 bits per heavy atom. The second kappa shape index (κ2) is 7.17. The molecule has 1 aliphatic heterocycles. The molecule has 3 fully saturated rings. The first-order valence-electron chi connectivity index (χ1n) is 9.44. The largest absolute Gasteiger partial charge is 0.353 e. The molecule has 3 atom stereocenters. The van der Waals surface area contributed by atoms with Crippen LogP contribution in [0.15, 0.2) is 28.7 Å². The number of carbonyl (C=O) groups is 1. The summed E-state index contributed by atoms with van der Waals surface area (Å²) in [6.45, 7) is 3.04. The van der Waals surface area contributed by atoms with Crippen LogP contribution in [0, 0.1) is 17.8 Å². The first-order chi connectivity index (χ1) is 11.7. The summed E-state index contributed by atoms with van der Waals surface area (Å²) in [5, 5.41) is 3.39. The fraction of sp³-hybridized carbons (Fsp3) is 0.650. The number of nitrogens with zero attached hydrogens (tertiary/aromatic N) is 1. The third-order valence-electron chi connectivity index (χ3n) is 6.32. The average molecular weight is 391 g/mol. The number of benzene rings is 1. The van der Waals surface area contributed by atoms with Gasteiger partial charge in [-0.2, -0.15) is 0 Å². The van der Waals surface area contributed by atoms with Crippen molar-refractivity contribution in [3.63, 3.8) is 0 Å². The fourth-order valence-corrected chi connectivity index (χ4v) is 5.42. The van der Waals surface area contributed by atoms with Gasteiger partial charge in [0.2, 0.25) is 5.91 Å². The van der Waals surface area contributed by atoms with E-state index >= 15 is 0 Å². The van der Waals surface area contributed by atoms with Crippen LogP contribution in [0.3, 0.4) is 0 Å². The molecule has 1 saturated heterocycles. The maximum absolute atomic E-state index is 12.6. The molecule has 1 aromatic rings. The quantitative estimate of drug-likeness (QED) is 0.843. The Balaban J connectivity index is 1.24. The van der Waals surface area contributed by atoms with Crippen LogP contribution < -0.4 is 5.32 Å². The molecule has 1 aromatic carbocycles. The van der Waals surface area contributed by atoms with E-state index in [1.165, 1.54) is 31.2 Å². The van der Waals surface area contributed by atoms with Crippen LogP contribution in [0.4, 0.5) is 0 Å². The maximum atomic E-state index is 12.6. The lowest BCUT2D eigenvalue weighted by atomic mass is 9.92. The average Bonchev–Trinajstić information content (AvgIpc) is 3.18. The number of rotatable bonds is 4. The maximum Gasteiger partial charge on any atom is 0.223 e. The normalized spacial score (nSPS) is 30.6. The third-order valence-corrected chi connectivity index (χ3v) is 6.81. The van der Waals surface area contributed by atoms with E-state index < -0.39 is 0 Å². The molecular formula is C20H27BrN2O. The highest BCUT2D eigenvalue weighted by molar-refractivity contribution is 9.10. The van der Waals surface area contributed by atoms with E-state index in [1.54, 1.807) is 0 Å². The molecular weight excluding hydrogens is 364 g/mol. The summed E-state index contributed by atoms with van der Waals surface area (Å²) in [5.41, 5.74) is 1.34. The number of likely N-dealkylation sites (tertiary alicyclic amines) is 1. The number of piperidine rings is 1. The second-order valence-electron chi connectivity index (χ2n) is 7.97. The molecule has 4 heteroatoms. The van der Waals surface area contributed by atoms with Gasteiger partial charge in [-0.15, -0.1) is 0 Å². The minimum Gasteiger partial charge on any atom is -0.353 e. The predicted octanol–water partition coefficient (Wildman–Crippen LogP) is 3.97. The van der Waals surface area contributed by atoms with Crippen LogP contribution in [0.1, 0.15) is 44.1 Å². The zero-order valence-corrected chi connectivity index (χ0v) is 15.8. The molecule has 0 radical (unpaired) electrons. The van der Waals surface area contributed by atoms with Gasteiger partial charge >= 0.3 is 0 Å². The van der Waals surface area contributed by atoms with Crippen LogP contribution in [-0.4, -0.2) is 29.9 Å². The third kappa shape index (κ3) is 3.70. The van der Waals surface area contributed by atoms with Gasteiger partial charge in [0.1, 0.15) is 0 Å². The molecule has 2 aliphatic carbocycles. The first kappa shape index (κ1) is 16.6. The Hall–Kier alpha value is -0.870. The van der Waals surface area contributed by atoms with E-state index in [1.807, 2.05) is 0 Å². The summed E-state index contributed by atoms with van der Waals surface area (Å²) in [6, 6.07) is 9.01. The molecule has 2 bridgehead atoms. The van der Waals surface area contributed by atoms with Crippen molar-refractivity contribution in [3.8, 4) is 0 Å². The lowest BCUT2D eigenvalue weighted by Crippen LogP contribution is -2.45. The van der Waals surface area contributed by atoms with E-state index in [9.17, 15) is 4.79 Å². The number of carbonyl (C=O) groups excluding carboxylic acids is 1. The molecule has 0 spiro atoms. The Morgan fingerprint density at radius 1 is 1.17 bits per heavy atom. The number of nitrogens with one attached hydrogen (secondary N) is 1. The molecule has 1 N–H and O–H groups in total. The zero-order chi connectivity index (χ0) is 16.5. The lowest BCUT2D eigenvalue weighted by molar-refractivity contribution is -0.127. The second-order valence-corrected chi connectivity index (χ2v) is 8.89. The molecule has 24 heavy (non-hydrogen) atoms. The van der Waals surface area contributed by atoms with Crippen LogP contribution in [-0.2, 0) is 11.3 Å². The van der Waals surface area contributed by atoms with Crippen LogP contribution in [0.2, 0.25) is 0 Å². The highest BCUT2D eigenvalue weighted by atomic mass is 79.9. The standard InChI is InChI=1S/C20H27BrN2O/c21-18-3-1-2-15(11-18)13-23-8-6-16(7-9-23)20(24)22-19-12-14-4-5-17(19)10-14/h1-3,11,14,16-17,19H,4-10,12-13H2,(H,22,24). The van der Waals surface area contributed by atoms with Gasteiger partial charge < -0.3 is 5.32 Å². The van der Waals surface area contributed by atoms with Gasteiger partial charge in [-0.3, -0.25) is 9.69 Å². The monoisotopic (exact) mass is 390 g/mol. The predicted molar refractivity (Wildman–Crippen MR) is 99.5 cm³/mol. The Kier molecular flexibility index (Phi) is 4.95. The molecule has 130 valence electrons. The molecule has 1 amide bonds. The van der Waals surface area contributed by atoms with Gasteiger partial charge in [0.05, 0.1) is 0 Å². The first-order valence-corrected chi connectivity index (χ1v) is 10.2. The van der Waals surface area contributed by atoms with Crippen molar-refractivity contribution in [2.24, 2.45) is 17.8 Å². The van der Waals surface area contributed by atoms with E-state index in [4.69, 9.17) is 0 Å². The van der Waals surface area contributed by atoms with Crippen molar-refractivity contribution in [3.05, 3.63) is 34.3 Å². The van der Waals surface area contributed by atoms with Gasteiger partial charge in [-0.05, 0) is 74.7 Å². The van der Waals surface area contributed by atoms with Gasteiger partial charge in [-0.25, -0.2) is 0 Å². The summed E-state index contributed by atoms with van der Waals surface area (Å²) in [7, 11) is 0. The Bertz CT molecular complexity index is 597. The van der Waals surface area contributed by atoms with Crippen molar-refractivity contribution in [1.82, 2.24) is 10.2 Å². The zero-order valence-electron chi connectivity index (χ0n) is 14.2. The minimum atomic E-state index is 0.225. The SMILES string of the molecule is O=C(NC1CC2CCC1C2)C1CCN(Cc2cccc(Br)c2)CC1. The lowest BCUT2D eigenvalue weighted by Gasteiger charge is -2.33. The van der Waals surface area contributed by atoms with Gasteiger partial charge in [0.25, 0.3) is 0 Å². The highest BCUT2D eigenvalue weighted by Crippen LogP contribution is 2.44. The Morgan fingerprint density at radius 2 is 2.00 bits per heavy atom. The molecule has 3 unspecified atom stereocenters. The summed E-state index contributed by atoms with van der Waals surface area (Å²) in [5.74, 6) is 2.22. The van der Waals surface area contributed by atoms with E-state index in [-0.39, 0.29) is 5.92 Å². The summed E-state index contributed by atoms with van der Waals surface area (Å²) < 4.78 is 1.14. The van der Waals surface area contributed by atoms with Crippen LogP contribution >= 0.6 is 15.9 Å². The smallest absolute Gasteiger partial charge is 0.223 e. The van der Waals surface area contributed by atoms with E-state index in [0.717, 1.165) is 48.8 Å². The Labute approximate surface area is 153 Å². The summed E-state index contributed by atoms with van der Waals surface area (Å²) >= 11 is 3.54. The minimum absolute atomic E-state index is 0.225. The molecule has 2 saturated carbocycles.